The molecule has 0 amide bonds. The largest absolute Gasteiger partial charge is 0.447 e. The molecule has 6 heteroatoms. The summed E-state index contributed by atoms with van der Waals surface area (Å²) in [6, 6.07) is 3.53. The minimum Gasteiger partial charge on any atom is -0.447 e. The molecule has 0 N–H and O–H groups in total. The van der Waals surface area contributed by atoms with Gasteiger partial charge in [-0.2, -0.15) is 10.4 Å². The van der Waals surface area contributed by atoms with Crippen LogP contribution >= 0.6 is 0 Å². The van der Waals surface area contributed by atoms with Gasteiger partial charge in [0.15, 0.2) is 23.1 Å². The van der Waals surface area contributed by atoms with E-state index >= 15 is 0 Å². The van der Waals surface area contributed by atoms with Crippen LogP contribution in [0.25, 0.3) is 0 Å². The maximum atomic E-state index is 13.7. The number of rotatable bonds is 2. The van der Waals surface area contributed by atoms with E-state index in [0.29, 0.717) is 17.1 Å². The van der Waals surface area contributed by atoms with Crippen molar-refractivity contribution in [3.05, 3.63) is 40.7 Å². The fraction of sp³-hybridized carbons (Fsp3) is 0.231. The average Bonchev–Trinajstić information content (AvgIpc) is 2.59. The summed E-state index contributed by atoms with van der Waals surface area (Å²) in [5.41, 5.74) is 1.09. The van der Waals surface area contributed by atoms with E-state index in [0.717, 1.165) is 12.1 Å². The van der Waals surface area contributed by atoms with E-state index in [9.17, 15) is 8.78 Å². The number of nitrogens with zero attached hydrogens (tertiary/aromatic N) is 3. The van der Waals surface area contributed by atoms with Gasteiger partial charge in [-0.25, -0.2) is 8.78 Å². The Labute approximate surface area is 108 Å². The molecule has 2 rings (SSSR count). The first-order valence-electron chi connectivity index (χ1n) is 5.51. The summed E-state index contributed by atoms with van der Waals surface area (Å²) in [6.45, 7) is 3.41. The van der Waals surface area contributed by atoms with Gasteiger partial charge in [0.1, 0.15) is 5.69 Å². The molecule has 98 valence electrons. The van der Waals surface area contributed by atoms with Crippen LogP contribution in [0.5, 0.6) is 11.5 Å². The minimum absolute atomic E-state index is 0.0954. The topological polar surface area (TPSA) is 50.8 Å². The number of nitriles is 1. The van der Waals surface area contributed by atoms with Crippen molar-refractivity contribution in [3.63, 3.8) is 0 Å². The Bertz CT molecular complexity index is 663. The minimum atomic E-state index is -0.917. The summed E-state index contributed by atoms with van der Waals surface area (Å²) in [6.07, 6.45) is 0. The van der Waals surface area contributed by atoms with E-state index in [1.54, 1.807) is 31.6 Å². The second-order valence-corrected chi connectivity index (χ2v) is 4.11. The van der Waals surface area contributed by atoms with Gasteiger partial charge in [0, 0.05) is 7.05 Å². The lowest BCUT2D eigenvalue weighted by Crippen LogP contribution is -1.96. The molecule has 1 aromatic carbocycles. The summed E-state index contributed by atoms with van der Waals surface area (Å²) < 4.78 is 34.3. The smallest absolute Gasteiger partial charge is 0.198 e. The summed E-state index contributed by atoms with van der Waals surface area (Å²) >= 11 is 0. The van der Waals surface area contributed by atoms with Gasteiger partial charge in [0.25, 0.3) is 0 Å². The van der Waals surface area contributed by atoms with Crippen molar-refractivity contribution in [2.45, 2.75) is 13.8 Å². The van der Waals surface area contributed by atoms with Crippen molar-refractivity contribution in [2.24, 2.45) is 7.05 Å². The Hall–Kier alpha value is -2.42. The predicted molar refractivity (Wildman–Crippen MR) is 63.8 cm³/mol. The molecule has 4 nitrogen and oxygen atoms in total. The number of aryl methyl sites for hydroxylation is 2. The van der Waals surface area contributed by atoms with Crippen molar-refractivity contribution in [2.75, 3.05) is 0 Å². The first-order valence-corrected chi connectivity index (χ1v) is 5.51. The van der Waals surface area contributed by atoms with Crippen LogP contribution in [0.3, 0.4) is 0 Å². The van der Waals surface area contributed by atoms with Gasteiger partial charge in [0.05, 0.1) is 17.3 Å². The molecule has 0 aliphatic heterocycles. The van der Waals surface area contributed by atoms with Crippen LogP contribution in [-0.2, 0) is 7.05 Å². The average molecular weight is 263 g/mol. The molecule has 0 bridgehead atoms. The fourth-order valence-electron chi connectivity index (χ4n) is 1.73. The predicted octanol–water partition coefficient (Wildman–Crippen LogP) is 2.98. The van der Waals surface area contributed by atoms with Crippen LogP contribution in [0.1, 0.15) is 17.0 Å². The van der Waals surface area contributed by atoms with Gasteiger partial charge in [-0.05, 0) is 26.0 Å². The Morgan fingerprint density at radius 3 is 2.21 bits per heavy atom. The number of halogens is 2. The molecular weight excluding hydrogens is 252 g/mol. The van der Waals surface area contributed by atoms with Crippen LogP contribution in [-0.4, -0.2) is 9.78 Å². The molecule has 0 saturated carbocycles. The zero-order chi connectivity index (χ0) is 14.2. The molecule has 0 aliphatic carbocycles. The molecule has 0 fully saturated rings. The van der Waals surface area contributed by atoms with Gasteiger partial charge in [0.2, 0.25) is 0 Å². The molecule has 1 heterocycles. The Morgan fingerprint density at radius 2 is 1.79 bits per heavy atom. The zero-order valence-electron chi connectivity index (χ0n) is 10.7. The molecule has 2 aromatic rings. The van der Waals surface area contributed by atoms with Gasteiger partial charge in [-0.1, -0.05) is 0 Å². The van der Waals surface area contributed by atoms with E-state index in [4.69, 9.17) is 10.00 Å². The third-order valence-electron chi connectivity index (χ3n) is 2.77. The molecule has 0 unspecified atom stereocenters. The first kappa shape index (κ1) is 13.0. The summed E-state index contributed by atoms with van der Waals surface area (Å²) in [4.78, 5) is 0. The van der Waals surface area contributed by atoms with Crippen molar-refractivity contribution in [1.82, 2.24) is 9.78 Å². The zero-order valence-corrected chi connectivity index (χ0v) is 10.7. The maximum Gasteiger partial charge on any atom is 0.198 e. The monoisotopic (exact) mass is 263 g/mol. The molecular formula is C13H11F2N3O. The van der Waals surface area contributed by atoms with E-state index in [1.807, 2.05) is 0 Å². The molecule has 0 aliphatic rings. The fourth-order valence-corrected chi connectivity index (χ4v) is 1.73. The van der Waals surface area contributed by atoms with Crippen molar-refractivity contribution in [3.8, 4) is 17.6 Å². The van der Waals surface area contributed by atoms with Crippen LogP contribution in [0.2, 0.25) is 0 Å². The molecule has 0 radical (unpaired) electrons. The number of hydrogen-bond acceptors (Lipinski definition) is 3. The number of ether oxygens (including phenoxy) is 1. The van der Waals surface area contributed by atoms with Crippen molar-refractivity contribution < 1.29 is 13.5 Å². The first-order chi connectivity index (χ1) is 8.93. The number of benzene rings is 1. The maximum absolute atomic E-state index is 13.7. The SMILES string of the molecule is Cc1nn(C)c(C)c1Oc1c(F)cc(C#N)cc1F. The quantitative estimate of drug-likeness (QED) is 0.837. The van der Waals surface area contributed by atoms with Gasteiger partial charge in [-0.15, -0.1) is 0 Å². The summed E-state index contributed by atoms with van der Waals surface area (Å²) in [7, 11) is 1.71. The van der Waals surface area contributed by atoms with E-state index in [2.05, 4.69) is 5.10 Å². The molecule has 0 spiro atoms. The van der Waals surface area contributed by atoms with Gasteiger partial charge >= 0.3 is 0 Å². The highest BCUT2D eigenvalue weighted by Crippen LogP contribution is 2.32. The normalized spacial score (nSPS) is 10.3. The second kappa shape index (κ2) is 4.69. The molecule has 0 atom stereocenters. The van der Waals surface area contributed by atoms with Crippen LogP contribution in [0, 0.1) is 36.8 Å². The lowest BCUT2D eigenvalue weighted by atomic mass is 10.2. The molecule has 1 aromatic heterocycles. The van der Waals surface area contributed by atoms with Crippen LogP contribution in [0.4, 0.5) is 8.78 Å². The summed E-state index contributed by atoms with van der Waals surface area (Å²) in [5, 5.41) is 12.7. The second-order valence-electron chi connectivity index (χ2n) is 4.11. The standard InChI is InChI=1S/C13H11F2N3O/c1-7-12(8(2)18(3)17-7)19-13-10(14)4-9(6-16)5-11(13)15/h4-5H,1-3H3. The van der Waals surface area contributed by atoms with Gasteiger partial charge < -0.3 is 4.74 Å². The Morgan fingerprint density at radius 1 is 1.21 bits per heavy atom. The van der Waals surface area contributed by atoms with E-state index in [-0.39, 0.29) is 5.56 Å². The lowest BCUT2D eigenvalue weighted by molar-refractivity contribution is 0.402. The van der Waals surface area contributed by atoms with Crippen LogP contribution in [0.15, 0.2) is 12.1 Å². The highest BCUT2D eigenvalue weighted by atomic mass is 19.1. The van der Waals surface area contributed by atoms with Crippen LogP contribution < -0.4 is 4.74 Å². The molecule has 0 saturated heterocycles. The van der Waals surface area contributed by atoms with Crippen molar-refractivity contribution >= 4 is 0 Å². The summed E-state index contributed by atoms with van der Waals surface area (Å²) in [5.74, 6) is -2.05. The third kappa shape index (κ3) is 2.27. The van der Waals surface area contributed by atoms with Gasteiger partial charge in [-0.3, -0.25) is 4.68 Å². The highest BCUT2D eigenvalue weighted by Gasteiger charge is 2.18. The van der Waals surface area contributed by atoms with E-state index in [1.165, 1.54) is 0 Å². The number of hydrogen-bond donors (Lipinski definition) is 0. The van der Waals surface area contributed by atoms with Crippen molar-refractivity contribution in [1.29, 1.82) is 5.26 Å². The molecule has 19 heavy (non-hydrogen) atoms. The Kier molecular flexibility index (Phi) is 3.21. The Balaban J connectivity index is 2.47. The van der Waals surface area contributed by atoms with E-state index < -0.39 is 17.4 Å². The lowest BCUT2D eigenvalue weighted by Gasteiger charge is -2.08. The highest BCUT2D eigenvalue weighted by molar-refractivity contribution is 5.42. The third-order valence-corrected chi connectivity index (χ3v) is 2.77. The number of aromatic nitrogens is 2.